The molecule has 7 heteroatoms. The lowest BCUT2D eigenvalue weighted by atomic mass is 9.99. The van der Waals surface area contributed by atoms with Crippen LogP contribution in [0.2, 0.25) is 0 Å². The molecule has 1 aromatic rings. The lowest BCUT2D eigenvalue weighted by Crippen LogP contribution is -2.32. The Morgan fingerprint density at radius 1 is 1.43 bits per heavy atom. The van der Waals surface area contributed by atoms with E-state index in [4.69, 9.17) is 0 Å². The quantitative estimate of drug-likeness (QED) is 0.801. The van der Waals surface area contributed by atoms with Gasteiger partial charge in [-0.3, -0.25) is 9.48 Å². The van der Waals surface area contributed by atoms with E-state index in [0.717, 1.165) is 42.6 Å². The predicted octanol–water partition coefficient (Wildman–Crippen LogP) is 3.23. The highest BCUT2D eigenvalue weighted by Crippen LogP contribution is 2.27. The van der Waals surface area contributed by atoms with Crippen molar-refractivity contribution in [3.05, 3.63) is 18.0 Å². The van der Waals surface area contributed by atoms with E-state index in [0.29, 0.717) is 12.5 Å². The zero-order chi connectivity index (χ0) is 15.9. The number of hydrogen-bond donors (Lipinski definition) is 1. The summed E-state index contributed by atoms with van der Waals surface area (Å²) in [5.74, 6) is 0.0963. The molecule has 0 spiro atoms. The highest BCUT2D eigenvalue weighted by atomic mass is 19.4. The summed E-state index contributed by atoms with van der Waals surface area (Å²) in [4.78, 5) is 11.7. The fraction of sp³-hybridized carbons (Fsp3) is 0.714. The van der Waals surface area contributed by atoms with Gasteiger partial charge in [0, 0.05) is 12.7 Å². The number of nitrogens with one attached hydrogen (secondary N) is 1. The number of aromatic nitrogens is 2. The minimum atomic E-state index is -4.48. The van der Waals surface area contributed by atoms with E-state index < -0.39 is 11.9 Å². The second kappa shape index (κ2) is 8.05. The van der Waals surface area contributed by atoms with Crippen molar-refractivity contribution in [2.75, 3.05) is 6.54 Å². The summed E-state index contributed by atoms with van der Waals surface area (Å²) in [5, 5.41) is 6.11. The second-order valence-electron chi connectivity index (χ2n) is 5.12. The molecule has 120 valence electrons. The summed E-state index contributed by atoms with van der Waals surface area (Å²) >= 11 is 0. The Bertz CT molecular complexity index is 443. The minimum Gasteiger partial charge on any atom is -0.354 e. The minimum absolute atomic E-state index is 0.194. The van der Waals surface area contributed by atoms with Crippen molar-refractivity contribution in [1.82, 2.24) is 15.1 Å². The van der Waals surface area contributed by atoms with E-state index in [9.17, 15) is 18.0 Å². The number of amides is 1. The van der Waals surface area contributed by atoms with Gasteiger partial charge < -0.3 is 5.32 Å². The topological polar surface area (TPSA) is 46.9 Å². The van der Waals surface area contributed by atoms with Crippen LogP contribution in [0.3, 0.4) is 0 Å². The van der Waals surface area contributed by atoms with Crippen LogP contribution in [-0.2, 0) is 17.5 Å². The van der Waals surface area contributed by atoms with Crippen LogP contribution in [0.4, 0.5) is 13.2 Å². The van der Waals surface area contributed by atoms with E-state index in [1.807, 2.05) is 0 Å². The van der Waals surface area contributed by atoms with Crippen LogP contribution in [0, 0.1) is 5.92 Å². The third-order valence-corrected chi connectivity index (χ3v) is 3.37. The van der Waals surface area contributed by atoms with Gasteiger partial charge in [-0.1, -0.05) is 33.1 Å². The molecule has 1 atom stereocenters. The van der Waals surface area contributed by atoms with Crippen molar-refractivity contribution in [3.63, 3.8) is 0 Å². The summed E-state index contributed by atoms with van der Waals surface area (Å²) < 4.78 is 38.1. The van der Waals surface area contributed by atoms with Crippen LogP contribution in [0.25, 0.3) is 0 Å². The molecule has 1 amide bonds. The third-order valence-electron chi connectivity index (χ3n) is 3.37. The molecule has 0 aliphatic rings. The molecule has 1 unspecified atom stereocenters. The van der Waals surface area contributed by atoms with Crippen molar-refractivity contribution in [1.29, 1.82) is 0 Å². The molecule has 0 radical (unpaired) electrons. The Morgan fingerprint density at radius 2 is 2.14 bits per heavy atom. The zero-order valence-corrected chi connectivity index (χ0v) is 12.4. The van der Waals surface area contributed by atoms with Gasteiger partial charge in [-0.2, -0.15) is 18.3 Å². The molecule has 0 aliphatic carbocycles. The van der Waals surface area contributed by atoms with Gasteiger partial charge in [0.2, 0.25) is 5.91 Å². The lowest BCUT2D eigenvalue weighted by Gasteiger charge is -2.15. The number of alkyl halides is 3. The highest BCUT2D eigenvalue weighted by molar-refractivity contribution is 5.75. The van der Waals surface area contributed by atoms with Crippen LogP contribution in [0.1, 0.15) is 45.2 Å². The van der Waals surface area contributed by atoms with E-state index in [2.05, 4.69) is 24.3 Å². The maximum atomic E-state index is 12.4. The Morgan fingerprint density at radius 3 is 2.67 bits per heavy atom. The lowest BCUT2D eigenvalue weighted by molar-refractivity contribution is -0.141. The van der Waals surface area contributed by atoms with E-state index in [-0.39, 0.29) is 12.5 Å². The van der Waals surface area contributed by atoms with Gasteiger partial charge in [0.15, 0.2) is 5.69 Å². The van der Waals surface area contributed by atoms with Crippen LogP contribution < -0.4 is 5.32 Å². The molecular weight excluding hydrogens is 283 g/mol. The molecule has 0 aliphatic heterocycles. The Balaban J connectivity index is 2.41. The fourth-order valence-electron chi connectivity index (χ4n) is 2.01. The van der Waals surface area contributed by atoms with Crippen molar-refractivity contribution >= 4 is 5.91 Å². The number of carbonyl (C=O) groups excluding carboxylic acids is 1. The first-order valence-corrected chi connectivity index (χ1v) is 7.24. The third kappa shape index (κ3) is 6.18. The molecule has 0 aromatic carbocycles. The van der Waals surface area contributed by atoms with Gasteiger partial charge in [0.05, 0.1) is 0 Å². The second-order valence-corrected chi connectivity index (χ2v) is 5.12. The van der Waals surface area contributed by atoms with Crippen molar-refractivity contribution in [2.45, 2.75) is 52.3 Å². The Kier molecular flexibility index (Phi) is 6.71. The number of rotatable bonds is 8. The number of nitrogens with zero attached hydrogens (tertiary/aromatic N) is 2. The van der Waals surface area contributed by atoms with Gasteiger partial charge in [-0.05, 0) is 18.4 Å². The number of carbonyl (C=O) groups is 1. The van der Waals surface area contributed by atoms with E-state index in [1.165, 1.54) is 0 Å². The Labute approximate surface area is 122 Å². The first kappa shape index (κ1) is 17.5. The smallest absolute Gasteiger partial charge is 0.354 e. The van der Waals surface area contributed by atoms with E-state index >= 15 is 0 Å². The molecule has 1 heterocycles. The molecular formula is C14H22F3N3O. The van der Waals surface area contributed by atoms with Crippen molar-refractivity contribution in [2.24, 2.45) is 5.92 Å². The SMILES string of the molecule is CCCCC(CC)CNC(=O)Cn1ccc(C(F)(F)F)n1. The van der Waals surface area contributed by atoms with Crippen molar-refractivity contribution in [3.8, 4) is 0 Å². The molecule has 1 N–H and O–H groups in total. The standard InChI is InChI=1S/C14H22F3N3O/c1-3-5-6-11(4-2)9-18-13(21)10-20-8-7-12(19-20)14(15,16)17/h7-8,11H,3-6,9-10H2,1-2H3,(H,18,21). The number of unbranched alkanes of at least 4 members (excludes halogenated alkanes) is 1. The predicted molar refractivity (Wildman–Crippen MR) is 73.5 cm³/mol. The fourth-order valence-corrected chi connectivity index (χ4v) is 2.01. The van der Waals surface area contributed by atoms with Crippen LogP contribution in [0.5, 0.6) is 0 Å². The first-order chi connectivity index (χ1) is 9.86. The summed E-state index contributed by atoms with van der Waals surface area (Å²) in [6, 6.07) is 0.864. The molecule has 1 aromatic heterocycles. The summed E-state index contributed by atoms with van der Waals surface area (Å²) in [5.41, 5.74) is -0.982. The highest BCUT2D eigenvalue weighted by Gasteiger charge is 2.33. The molecule has 0 bridgehead atoms. The van der Waals surface area contributed by atoms with Gasteiger partial charge in [0.1, 0.15) is 6.54 Å². The average Bonchev–Trinajstić information content (AvgIpc) is 2.87. The largest absolute Gasteiger partial charge is 0.435 e. The van der Waals surface area contributed by atoms with Gasteiger partial charge in [-0.25, -0.2) is 0 Å². The molecule has 0 fully saturated rings. The molecule has 4 nitrogen and oxygen atoms in total. The zero-order valence-electron chi connectivity index (χ0n) is 12.4. The molecule has 1 rings (SSSR count). The maximum absolute atomic E-state index is 12.4. The average molecular weight is 305 g/mol. The Hall–Kier alpha value is -1.53. The normalized spacial score (nSPS) is 13.2. The maximum Gasteiger partial charge on any atom is 0.435 e. The van der Waals surface area contributed by atoms with Crippen LogP contribution >= 0.6 is 0 Å². The number of halogens is 3. The van der Waals surface area contributed by atoms with Gasteiger partial charge in [0.25, 0.3) is 0 Å². The van der Waals surface area contributed by atoms with Crippen LogP contribution in [-0.4, -0.2) is 22.2 Å². The van der Waals surface area contributed by atoms with Gasteiger partial charge in [-0.15, -0.1) is 0 Å². The first-order valence-electron chi connectivity index (χ1n) is 7.24. The molecule has 0 saturated heterocycles. The summed E-state index contributed by atoms with van der Waals surface area (Å²) in [6.45, 7) is 4.54. The number of hydrogen-bond acceptors (Lipinski definition) is 2. The summed E-state index contributed by atoms with van der Waals surface area (Å²) in [7, 11) is 0. The monoisotopic (exact) mass is 305 g/mol. The van der Waals surface area contributed by atoms with E-state index in [1.54, 1.807) is 0 Å². The molecule has 21 heavy (non-hydrogen) atoms. The van der Waals surface area contributed by atoms with Gasteiger partial charge >= 0.3 is 6.18 Å². The van der Waals surface area contributed by atoms with Crippen LogP contribution in [0.15, 0.2) is 12.3 Å². The molecule has 0 saturated carbocycles. The summed E-state index contributed by atoms with van der Waals surface area (Å²) in [6.07, 6.45) is 0.931. The van der Waals surface area contributed by atoms with Crippen molar-refractivity contribution < 1.29 is 18.0 Å².